The van der Waals surface area contributed by atoms with Crippen molar-refractivity contribution in [2.75, 3.05) is 6.54 Å². The number of aromatic nitrogens is 2. The van der Waals surface area contributed by atoms with E-state index >= 15 is 0 Å². The van der Waals surface area contributed by atoms with E-state index in [1.807, 2.05) is 22.6 Å². The van der Waals surface area contributed by atoms with Gasteiger partial charge in [0.1, 0.15) is 0 Å². The average molecular weight is 289 g/mol. The summed E-state index contributed by atoms with van der Waals surface area (Å²) >= 11 is 1.87. The first-order valence-corrected chi connectivity index (χ1v) is 8.24. The summed E-state index contributed by atoms with van der Waals surface area (Å²) in [6.45, 7) is 7.26. The first-order valence-electron chi connectivity index (χ1n) is 7.25. The van der Waals surface area contributed by atoms with Crippen LogP contribution in [0.5, 0.6) is 0 Å². The van der Waals surface area contributed by atoms with Gasteiger partial charge >= 0.3 is 0 Å². The monoisotopic (exact) mass is 289 g/mol. The molecule has 0 amide bonds. The second kappa shape index (κ2) is 8.12. The smallest absolute Gasteiger partial charge is 0.0530 e. The molecule has 0 aliphatic rings. The van der Waals surface area contributed by atoms with E-state index in [0.29, 0.717) is 0 Å². The van der Waals surface area contributed by atoms with Crippen LogP contribution in [-0.4, -0.2) is 16.3 Å². The Morgan fingerprint density at radius 3 is 2.90 bits per heavy atom. The first kappa shape index (κ1) is 15.1. The summed E-state index contributed by atoms with van der Waals surface area (Å²) in [6, 6.07) is 8.78. The fraction of sp³-hybridized carbons (Fsp3) is 0.438. The Morgan fingerprint density at radius 2 is 2.15 bits per heavy atom. The Bertz CT molecular complexity index is 522. The lowest BCUT2D eigenvalue weighted by Crippen LogP contribution is -2.13. The standard InChI is InChI=1S/C16H23N3S/c1-3-8-17-10-14-6-5-7-16(9-14)20-13-15-11-18-19(4-2)12-15/h5-7,9,11-12,17H,3-4,8,10,13H2,1-2H3. The molecule has 3 nitrogen and oxygen atoms in total. The Balaban J connectivity index is 1.87. The molecule has 0 saturated carbocycles. The number of hydrogen-bond donors (Lipinski definition) is 1. The summed E-state index contributed by atoms with van der Waals surface area (Å²) in [6.07, 6.45) is 5.26. The molecule has 2 aromatic rings. The third kappa shape index (κ3) is 4.69. The van der Waals surface area contributed by atoms with Gasteiger partial charge in [-0.15, -0.1) is 11.8 Å². The lowest BCUT2D eigenvalue weighted by atomic mass is 10.2. The highest BCUT2D eigenvalue weighted by atomic mass is 32.2. The molecule has 1 aromatic heterocycles. The molecule has 0 bridgehead atoms. The van der Waals surface area contributed by atoms with Gasteiger partial charge in [-0.2, -0.15) is 5.10 Å². The molecule has 4 heteroatoms. The van der Waals surface area contributed by atoms with Gasteiger partial charge in [0.15, 0.2) is 0 Å². The molecule has 0 aliphatic carbocycles. The van der Waals surface area contributed by atoms with Gasteiger partial charge in [0.25, 0.3) is 0 Å². The maximum absolute atomic E-state index is 4.31. The molecule has 108 valence electrons. The summed E-state index contributed by atoms with van der Waals surface area (Å²) in [7, 11) is 0. The van der Waals surface area contributed by atoms with Crippen LogP contribution in [0, 0.1) is 0 Å². The number of aryl methyl sites for hydroxylation is 1. The van der Waals surface area contributed by atoms with Crippen LogP contribution in [0.25, 0.3) is 0 Å². The van der Waals surface area contributed by atoms with Crippen LogP contribution in [0.2, 0.25) is 0 Å². The number of hydrogen-bond acceptors (Lipinski definition) is 3. The summed E-state index contributed by atoms with van der Waals surface area (Å²) < 4.78 is 1.97. The van der Waals surface area contributed by atoms with Crippen LogP contribution in [0.15, 0.2) is 41.6 Å². The zero-order chi connectivity index (χ0) is 14.2. The maximum Gasteiger partial charge on any atom is 0.0530 e. The second-order valence-corrected chi connectivity index (χ2v) is 5.87. The van der Waals surface area contributed by atoms with E-state index < -0.39 is 0 Å². The minimum Gasteiger partial charge on any atom is -0.313 e. The van der Waals surface area contributed by atoms with Crippen molar-refractivity contribution in [3.63, 3.8) is 0 Å². The predicted molar refractivity (Wildman–Crippen MR) is 85.9 cm³/mol. The van der Waals surface area contributed by atoms with Gasteiger partial charge < -0.3 is 5.32 Å². The molecule has 20 heavy (non-hydrogen) atoms. The van der Waals surface area contributed by atoms with Gasteiger partial charge in [0.05, 0.1) is 6.20 Å². The molecule has 0 spiro atoms. The topological polar surface area (TPSA) is 29.9 Å². The number of nitrogens with one attached hydrogen (secondary N) is 1. The molecule has 0 fully saturated rings. The normalized spacial score (nSPS) is 10.9. The van der Waals surface area contributed by atoms with Crippen molar-refractivity contribution in [1.82, 2.24) is 15.1 Å². The summed E-state index contributed by atoms with van der Waals surface area (Å²) in [5.74, 6) is 0.978. The SMILES string of the molecule is CCCNCc1cccc(SCc2cnn(CC)c2)c1. The highest BCUT2D eigenvalue weighted by molar-refractivity contribution is 7.98. The lowest BCUT2D eigenvalue weighted by Gasteiger charge is -2.06. The molecule has 0 radical (unpaired) electrons. The van der Waals surface area contributed by atoms with Crippen LogP contribution in [0.3, 0.4) is 0 Å². The summed E-state index contributed by atoms with van der Waals surface area (Å²) in [5, 5.41) is 7.75. The summed E-state index contributed by atoms with van der Waals surface area (Å²) in [5.41, 5.74) is 2.64. The fourth-order valence-electron chi connectivity index (χ4n) is 1.98. The molecule has 1 heterocycles. The molecule has 2 rings (SSSR count). The molecule has 0 atom stereocenters. The molecule has 1 N–H and O–H groups in total. The Kier molecular flexibility index (Phi) is 6.15. The highest BCUT2D eigenvalue weighted by Crippen LogP contribution is 2.23. The van der Waals surface area contributed by atoms with Crippen molar-refractivity contribution < 1.29 is 0 Å². The third-order valence-electron chi connectivity index (χ3n) is 3.07. The van der Waals surface area contributed by atoms with Gasteiger partial charge in [0.2, 0.25) is 0 Å². The molecule has 0 saturated heterocycles. The summed E-state index contributed by atoms with van der Waals surface area (Å²) in [4.78, 5) is 1.32. The van der Waals surface area contributed by atoms with E-state index in [-0.39, 0.29) is 0 Å². The van der Waals surface area contributed by atoms with Crippen LogP contribution in [0.4, 0.5) is 0 Å². The van der Waals surface area contributed by atoms with E-state index in [2.05, 4.69) is 54.7 Å². The van der Waals surface area contributed by atoms with Crippen LogP contribution in [0.1, 0.15) is 31.4 Å². The largest absolute Gasteiger partial charge is 0.313 e. The molecule has 0 unspecified atom stereocenters. The molecular weight excluding hydrogens is 266 g/mol. The van der Waals surface area contributed by atoms with Crippen LogP contribution >= 0.6 is 11.8 Å². The zero-order valence-electron chi connectivity index (χ0n) is 12.3. The van der Waals surface area contributed by atoms with Crippen molar-refractivity contribution in [2.45, 2.75) is 44.0 Å². The van der Waals surface area contributed by atoms with E-state index in [4.69, 9.17) is 0 Å². The lowest BCUT2D eigenvalue weighted by molar-refractivity contribution is 0.659. The number of thioether (sulfide) groups is 1. The quantitative estimate of drug-likeness (QED) is 0.593. The number of benzene rings is 1. The van der Waals surface area contributed by atoms with Crippen molar-refractivity contribution >= 4 is 11.8 Å². The van der Waals surface area contributed by atoms with Gasteiger partial charge in [-0.3, -0.25) is 4.68 Å². The van der Waals surface area contributed by atoms with Crippen molar-refractivity contribution in [3.8, 4) is 0 Å². The highest BCUT2D eigenvalue weighted by Gasteiger charge is 2.01. The maximum atomic E-state index is 4.31. The van der Waals surface area contributed by atoms with E-state index in [0.717, 1.165) is 25.4 Å². The van der Waals surface area contributed by atoms with Crippen molar-refractivity contribution in [3.05, 3.63) is 47.8 Å². The Labute approximate surface area is 125 Å². The van der Waals surface area contributed by atoms with E-state index in [9.17, 15) is 0 Å². The average Bonchev–Trinajstić information content (AvgIpc) is 2.94. The Hall–Kier alpha value is -1.26. The first-order chi connectivity index (χ1) is 9.81. The Morgan fingerprint density at radius 1 is 1.25 bits per heavy atom. The fourth-order valence-corrected chi connectivity index (χ4v) is 2.87. The van der Waals surface area contributed by atoms with Gasteiger partial charge in [-0.05, 0) is 37.6 Å². The number of nitrogens with zero attached hydrogens (tertiary/aromatic N) is 2. The zero-order valence-corrected chi connectivity index (χ0v) is 13.1. The predicted octanol–water partition coefficient (Wildman–Crippen LogP) is 3.69. The minimum atomic E-state index is 0.934. The van der Waals surface area contributed by atoms with Crippen LogP contribution in [-0.2, 0) is 18.8 Å². The minimum absolute atomic E-state index is 0.934. The van der Waals surface area contributed by atoms with Gasteiger partial charge in [0, 0.05) is 35.5 Å². The molecule has 1 aromatic carbocycles. The van der Waals surface area contributed by atoms with Crippen molar-refractivity contribution in [2.24, 2.45) is 0 Å². The van der Waals surface area contributed by atoms with E-state index in [1.165, 1.54) is 22.4 Å². The number of rotatable bonds is 8. The van der Waals surface area contributed by atoms with Crippen molar-refractivity contribution in [1.29, 1.82) is 0 Å². The van der Waals surface area contributed by atoms with Gasteiger partial charge in [-0.1, -0.05) is 19.1 Å². The second-order valence-electron chi connectivity index (χ2n) is 4.82. The van der Waals surface area contributed by atoms with Crippen LogP contribution < -0.4 is 5.32 Å². The molecular formula is C16H23N3S. The third-order valence-corrected chi connectivity index (χ3v) is 4.14. The molecule has 0 aliphatic heterocycles. The van der Waals surface area contributed by atoms with Gasteiger partial charge in [-0.25, -0.2) is 0 Å². The van der Waals surface area contributed by atoms with E-state index in [1.54, 1.807) is 0 Å².